The summed E-state index contributed by atoms with van der Waals surface area (Å²) in [5, 5.41) is 21.1. The molecule has 0 aliphatic heterocycles. The Morgan fingerprint density at radius 1 is 1.08 bits per heavy atom. The third kappa shape index (κ3) is 4.78. The van der Waals surface area contributed by atoms with Gasteiger partial charge in [0, 0.05) is 35.1 Å². The number of aromatic amines is 1. The summed E-state index contributed by atoms with van der Waals surface area (Å²) >= 11 is 6.27. The molecule has 0 bridgehead atoms. The zero-order valence-electron chi connectivity index (χ0n) is 20.8. The van der Waals surface area contributed by atoms with Crippen LogP contribution in [-0.2, 0) is 6.54 Å². The number of hydrogen-bond acceptors (Lipinski definition) is 6. The first kappa shape index (κ1) is 24.9. The molecule has 2 aromatic carbocycles. The van der Waals surface area contributed by atoms with Gasteiger partial charge < -0.3 is 14.7 Å². The van der Waals surface area contributed by atoms with Crippen LogP contribution in [0.3, 0.4) is 0 Å². The molecule has 11 nitrogen and oxygen atoms in total. The number of carboxylic acid groups (broad SMARTS) is 1. The number of aromatic nitrogens is 7. The Morgan fingerprint density at radius 2 is 1.84 bits per heavy atom. The molecule has 0 unspecified atom stereocenters. The molecule has 0 radical (unpaired) electrons. The second-order valence-corrected chi connectivity index (χ2v) is 9.19. The summed E-state index contributed by atoms with van der Waals surface area (Å²) in [5.41, 5.74) is 5.66. The molecule has 1 amide bonds. The summed E-state index contributed by atoms with van der Waals surface area (Å²) < 4.78 is 3.16. The maximum atomic E-state index is 13.2. The van der Waals surface area contributed by atoms with Gasteiger partial charge in [-0.2, -0.15) is 4.68 Å². The van der Waals surface area contributed by atoms with Crippen LogP contribution in [0, 0.1) is 13.8 Å². The van der Waals surface area contributed by atoms with E-state index < -0.39 is 6.09 Å². The number of amides is 1. The van der Waals surface area contributed by atoms with Crippen LogP contribution >= 0.6 is 11.6 Å². The van der Waals surface area contributed by atoms with Crippen molar-refractivity contribution in [2.24, 2.45) is 0 Å². The molecule has 0 saturated heterocycles. The summed E-state index contributed by atoms with van der Waals surface area (Å²) in [6.45, 7) is 3.99. The van der Waals surface area contributed by atoms with Crippen LogP contribution in [0.4, 0.5) is 10.5 Å². The van der Waals surface area contributed by atoms with Crippen LogP contribution in [0.25, 0.3) is 28.1 Å². The van der Waals surface area contributed by atoms with E-state index in [0.29, 0.717) is 27.8 Å². The molecule has 0 aliphatic rings. The van der Waals surface area contributed by atoms with Crippen molar-refractivity contribution in [3.8, 4) is 28.1 Å². The highest BCUT2D eigenvalue weighted by atomic mass is 35.5. The Kier molecular flexibility index (Phi) is 6.52. The number of nitrogens with zero attached hydrogens (tertiary/aromatic N) is 7. The largest absolute Gasteiger partial charge is 0.465 e. The Hall–Kier alpha value is -4.77. The molecular weight excluding hydrogens is 508 g/mol. The molecule has 38 heavy (non-hydrogen) atoms. The monoisotopic (exact) mass is 530 g/mol. The molecule has 5 rings (SSSR count). The molecule has 3 aromatic heterocycles. The van der Waals surface area contributed by atoms with Crippen molar-refractivity contribution >= 4 is 23.4 Å². The lowest BCUT2D eigenvalue weighted by molar-refractivity contribution is 0.203. The molecule has 0 saturated carbocycles. The second kappa shape index (κ2) is 9.94. The number of aryl methyl sites for hydroxylation is 2. The van der Waals surface area contributed by atoms with E-state index in [9.17, 15) is 14.7 Å². The number of anilines is 1. The summed E-state index contributed by atoms with van der Waals surface area (Å²) in [5.74, 6) is 0.624. The predicted octanol–water partition coefficient (Wildman–Crippen LogP) is 4.31. The van der Waals surface area contributed by atoms with Gasteiger partial charge in [0.2, 0.25) is 0 Å². The number of carbonyl (C=O) groups is 1. The van der Waals surface area contributed by atoms with Gasteiger partial charge in [-0.25, -0.2) is 9.78 Å². The zero-order valence-corrected chi connectivity index (χ0v) is 21.5. The maximum absolute atomic E-state index is 13.2. The molecule has 3 heterocycles. The van der Waals surface area contributed by atoms with Crippen molar-refractivity contribution in [1.29, 1.82) is 0 Å². The standard InChI is InChI=1S/C26H23ClN8O3/c1-15-10-18(21-12-19(27)6-9-22(21)35-14-28-31-32-35)11-24(36)34(15)13-23-29-16(2)25(30-23)17-4-7-20(8-5-17)33(3)26(37)38/h4-12,14H,13H2,1-3H3,(H,29,30)(H,37,38). The van der Waals surface area contributed by atoms with E-state index in [1.165, 1.54) is 18.1 Å². The van der Waals surface area contributed by atoms with Crippen molar-refractivity contribution in [2.45, 2.75) is 20.4 Å². The second-order valence-electron chi connectivity index (χ2n) is 8.76. The first-order valence-corrected chi connectivity index (χ1v) is 12.0. The lowest BCUT2D eigenvalue weighted by atomic mass is 10.0. The molecule has 5 aromatic rings. The number of halogens is 1. The molecule has 12 heteroatoms. The number of imidazole rings is 1. The van der Waals surface area contributed by atoms with E-state index in [-0.39, 0.29) is 12.1 Å². The SMILES string of the molecule is Cc1nc(Cn2c(C)cc(-c3cc(Cl)ccc3-n3cnnn3)cc2=O)[nH]c1-c1ccc(N(C)C(=O)O)cc1. The summed E-state index contributed by atoms with van der Waals surface area (Å²) in [6, 6.07) is 15.9. The third-order valence-corrected chi connectivity index (χ3v) is 6.51. The third-order valence-electron chi connectivity index (χ3n) is 6.27. The van der Waals surface area contributed by atoms with Gasteiger partial charge in [0.1, 0.15) is 12.2 Å². The highest BCUT2D eigenvalue weighted by Crippen LogP contribution is 2.29. The van der Waals surface area contributed by atoms with E-state index in [0.717, 1.165) is 33.1 Å². The quantitative estimate of drug-likeness (QED) is 0.334. The van der Waals surface area contributed by atoms with Gasteiger partial charge in [-0.3, -0.25) is 9.69 Å². The minimum absolute atomic E-state index is 0.195. The van der Waals surface area contributed by atoms with Gasteiger partial charge >= 0.3 is 6.09 Å². The van der Waals surface area contributed by atoms with Crippen LogP contribution in [-0.4, -0.2) is 53.0 Å². The van der Waals surface area contributed by atoms with E-state index in [4.69, 9.17) is 11.6 Å². The molecular formula is C26H23ClN8O3. The van der Waals surface area contributed by atoms with Crippen molar-refractivity contribution in [1.82, 2.24) is 34.7 Å². The Balaban J connectivity index is 1.45. The van der Waals surface area contributed by atoms with Crippen molar-refractivity contribution < 1.29 is 9.90 Å². The molecule has 2 N–H and O–H groups in total. The van der Waals surface area contributed by atoms with Crippen LogP contribution < -0.4 is 10.5 Å². The summed E-state index contributed by atoms with van der Waals surface area (Å²) in [7, 11) is 1.49. The molecule has 0 aliphatic carbocycles. The number of hydrogen-bond donors (Lipinski definition) is 2. The molecule has 0 spiro atoms. The van der Waals surface area contributed by atoms with Crippen molar-refractivity contribution in [3.05, 3.63) is 93.5 Å². The summed E-state index contributed by atoms with van der Waals surface area (Å²) in [4.78, 5) is 33.5. The smallest absolute Gasteiger partial charge is 0.411 e. The normalized spacial score (nSPS) is 11.1. The number of pyridine rings is 1. The summed E-state index contributed by atoms with van der Waals surface area (Å²) in [6.07, 6.45) is 0.446. The van der Waals surface area contributed by atoms with Gasteiger partial charge in [-0.1, -0.05) is 23.7 Å². The first-order chi connectivity index (χ1) is 18.2. The fraction of sp³-hybridized carbons (Fsp3) is 0.154. The average molecular weight is 531 g/mol. The van der Waals surface area contributed by atoms with Crippen LogP contribution in [0.15, 0.2) is 65.7 Å². The minimum Gasteiger partial charge on any atom is -0.465 e. The molecule has 0 fully saturated rings. The zero-order chi connectivity index (χ0) is 27.0. The highest BCUT2D eigenvalue weighted by molar-refractivity contribution is 6.31. The fourth-order valence-corrected chi connectivity index (χ4v) is 4.46. The lowest BCUT2D eigenvalue weighted by Crippen LogP contribution is -2.23. The van der Waals surface area contributed by atoms with Crippen LogP contribution in [0.1, 0.15) is 17.2 Å². The van der Waals surface area contributed by atoms with Crippen molar-refractivity contribution in [2.75, 3.05) is 11.9 Å². The first-order valence-electron chi connectivity index (χ1n) is 11.6. The Bertz CT molecular complexity index is 1690. The van der Waals surface area contributed by atoms with E-state index in [2.05, 4.69) is 25.5 Å². The highest BCUT2D eigenvalue weighted by Gasteiger charge is 2.15. The number of rotatable bonds is 6. The Morgan fingerprint density at radius 3 is 2.50 bits per heavy atom. The van der Waals surface area contributed by atoms with Crippen LogP contribution in [0.2, 0.25) is 5.02 Å². The van der Waals surface area contributed by atoms with Crippen LogP contribution in [0.5, 0.6) is 0 Å². The van der Waals surface area contributed by atoms with Gasteiger partial charge in [0.25, 0.3) is 5.56 Å². The number of benzene rings is 2. The topological polar surface area (TPSA) is 135 Å². The van der Waals surface area contributed by atoms with E-state index in [1.807, 2.05) is 32.0 Å². The number of tetrazole rings is 1. The maximum Gasteiger partial charge on any atom is 0.411 e. The van der Waals surface area contributed by atoms with E-state index in [1.54, 1.807) is 41.0 Å². The minimum atomic E-state index is -1.04. The van der Waals surface area contributed by atoms with Gasteiger partial charge in [0.05, 0.1) is 23.6 Å². The van der Waals surface area contributed by atoms with Gasteiger partial charge in [0.15, 0.2) is 0 Å². The molecule has 192 valence electrons. The molecule has 0 atom stereocenters. The van der Waals surface area contributed by atoms with Gasteiger partial charge in [-0.05, 0) is 71.8 Å². The number of H-pyrrole nitrogens is 1. The van der Waals surface area contributed by atoms with E-state index >= 15 is 0 Å². The van der Waals surface area contributed by atoms with Gasteiger partial charge in [-0.15, -0.1) is 5.10 Å². The van der Waals surface area contributed by atoms with Crippen molar-refractivity contribution in [3.63, 3.8) is 0 Å². The lowest BCUT2D eigenvalue weighted by Gasteiger charge is -2.13. The fourth-order valence-electron chi connectivity index (χ4n) is 4.29. The predicted molar refractivity (Wildman–Crippen MR) is 143 cm³/mol. The Labute approximate surface area is 222 Å². The average Bonchev–Trinajstić information content (AvgIpc) is 3.55. The number of nitrogens with one attached hydrogen (secondary N) is 1.